The predicted molar refractivity (Wildman–Crippen MR) is 39.3 cm³/mol. The molecule has 0 bridgehead atoms. The van der Waals surface area contributed by atoms with E-state index in [0.717, 1.165) is 6.42 Å². The zero-order valence-electron chi connectivity index (χ0n) is 5.95. The van der Waals surface area contributed by atoms with Gasteiger partial charge in [0.25, 0.3) is 10.1 Å². The molecule has 1 atom stereocenters. The third kappa shape index (κ3) is 6.00. The Kier molecular flexibility index (Phi) is 3.85. The van der Waals surface area contributed by atoms with Crippen LogP contribution < -0.4 is 5.73 Å². The maximum Gasteiger partial charge on any atom is 0.266 e. The van der Waals surface area contributed by atoms with Crippen LogP contribution in [0.1, 0.15) is 19.8 Å². The summed E-state index contributed by atoms with van der Waals surface area (Å²) in [6.45, 7) is 1.91. The molecule has 0 amide bonds. The molecule has 0 aliphatic rings. The smallest absolute Gasteiger partial charge is 0.266 e. The fourth-order valence-electron chi connectivity index (χ4n) is 0.725. The standard InChI is InChI=1S/C5H13NO3S/c1-2-3-5(6)4-10(7,8)9/h5H,2-4,6H2,1H3,(H,7,8,9). The van der Waals surface area contributed by atoms with Crippen molar-refractivity contribution in [3.63, 3.8) is 0 Å². The molecular weight excluding hydrogens is 154 g/mol. The Bertz CT molecular complexity index is 175. The minimum Gasteiger partial charge on any atom is -0.327 e. The molecule has 0 aromatic carbocycles. The Morgan fingerprint density at radius 2 is 2.10 bits per heavy atom. The van der Waals surface area contributed by atoms with Gasteiger partial charge in [-0.3, -0.25) is 4.55 Å². The summed E-state index contributed by atoms with van der Waals surface area (Å²) in [4.78, 5) is 0. The van der Waals surface area contributed by atoms with Gasteiger partial charge in [-0.05, 0) is 6.42 Å². The van der Waals surface area contributed by atoms with Gasteiger partial charge in [0.05, 0.1) is 5.75 Å². The molecular formula is C5H13NO3S. The first-order chi connectivity index (χ1) is 4.45. The van der Waals surface area contributed by atoms with E-state index in [4.69, 9.17) is 10.3 Å². The van der Waals surface area contributed by atoms with Crippen LogP contribution in [0.15, 0.2) is 0 Å². The summed E-state index contributed by atoms with van der Waals surface area (Å²) >= 11 is 0. The van der Waals surface area contributed by atoms with Gasteiger partial charge >= 0.3 is 0 Å². The van der Waals surface area contributed by atoms with Crippen LogP contribution >= 0.6 is 0 Å². The molecule has 0 radical (unpaired) electrons. The molecule has 0 saturated carbocycles. The van der Waals surface area contributed by atoms with Crippen LogP contribution in [0.2, 0.25) is 0 Å². The van der Waals surface area contributed by atoms with Crippen LogP contribution in [-0.4, -0.2) is 24.8 Å². The van der Waals surface area contributed by atoms with Crippen LogP contribution in [0, 0.1) is 0 Å². The summed E-state index contributed by atoms with van der Waals surface area (Å²) < 4.78 is 28.7. The van der Waals surface area contributed by atoms with Crippen molar-refractivity contribution >= 4 is 10.1 Å². The second kappa shape index (κ2) is 3.90. The largest absolute Gasteiger partial charge is 0.327 e. The van der Waals surface area contributed by atoms with E-state index in [1.54, 1.807) is 0 Å². The summed E-state index contributed by atoms with van der Waals surface area (Å²) in [6, 6.07) is -0.431. The summed E-state index contributed by atoms with van der Waals surface area (Å²) in [5.74, 6) is -0.332. The van der Waals surface area contributed by atoms with Gasteiger partial charge in [-0.2, -0.15) is 8.42 Å². The molecule has 0 saturated heterocycles. The molecule has 0 fully saturated rings. The maximum absolute atomic E-state index is 10.2. The molecule has 0 aromatic rings. The van der Waals surface area contributed by atoms with E-state index in [1.807, 2.05) is 6.92 Å². The highest BCUT2D eigenvalue weighted by Gasteiger charge is 2.10. The number of rotatable bonds is 4. The van der Waals surface area contributed by atoms with E-state index in [0.29, 0.717) is 6.42 Å². The average Bonchev–Trinajstić information content (AvgIpc) is 1.59. The Morgan fingerprint density at radius 3 is 2.40 bits per heavy atom. The Hall–Kier alpha value is -0.130. The maximum atomic E-state index is 10.2. The molecule has 10 heavy (non-hydrogen) atoms. The Morgan fingerprint density at radius 1 is 1.60 bits per heavy atom. The van der Waals surface area contributed by atoms with Crippen molar-refractivity contribution in [1.29, 1.82) is 0 Å². The Balaban J connectivity index is 3.69. The molecule has 3 N–H and O–H groups in total. The lowest BCUT2D eigenvalue weighted by molar-refractivity contribution is 0.473. The second-order valence-electron chi connectivity index (χ2n) is 2.30. The quantitative estimate of drug-likeness (QED) is 0.577. The van der Waals surface area contributed by atoms with Gasteiger partial charge in [0.1, 0.15) is 0 Å². The summed E-state index contributed by atoms with van der Waals surface area (Å²) in [5.41, 5.74) is 5.33. The van der Waals surface area contributed by atoms with Crippen molar-refractivity contribution in [3.8, 4) is 0 Å². The molecule has 0 aliphatic heterocycles. The molecule has 62 valence electrons. The summed E-state index contributed by atoms with van der Waals surface area (Å²) in [5, 5.41) is 0. The van der Waals surface area contributed by atoms with Gasteiger partial charge in [0, 0.05) is 6.04 Å². The lowest BCUT2D eigenvalue weighted by Crippen LogP contribution is -2.28. The molecule has 0 aromatic heterocycles. The molecule has 0 spiro atoms. The van der Waals surface area contributed by atoms with Crippen molar-refractivity contribution in [3.05, 3.63) is 0 Å². The van der Waals surface area contributed by atoms with Crippen LogP contribution in [0.25, 0.3) is 0 Å². The van der Waals surface area contributed by atoms with Gasteiger partial charge < -0.3 is 5.73 Å². The first-order valence-corrected chi connectivity index (χ1v) is 4.77. The van der Waals surface area contributed by atoms with Gasteiger partial charge in [0.15, 0.2) is 0 Å². The van der Waals surface area contributed by atoms with E-state index in [2.05, 4.69) is 0 Å². The van der Waals surface area contributed by atoms with Gasteiger partial charge in [-0.1, -0.05) is 13.3 Å². The van der Waals surface area contributed by atoms with Gasteiger partial charge in [-0.15, -0.1) is 0 Å². The zero-order valence-corrected chi connectivity index (χ0v) is 6.76. The van der Waals surface area contributed by atoms with Gasteiger partial charge in [-0.25, -0.2) is 0 Å². The van der Waals surface area contributed by atoms with Crippen LogP contribution in [0.5, 0.6) is 0 Å². The topological polar surface area (TPSA) is 80.4 Å². The van der Waals surface area contributed by atoms with Crippen molar-refractivity contribution < 1.29 is 13.0 Å². The highest BCUT2D eigenvalue weighted by atomic mass is 32.2. The SMILES string of the molecule is CCCC(N)CS(=O)(=O)O. The summed E-state index contributed by atoms with van der Waals surface area (Å²) in [6.07, 6.45) is 1.45. The second-order valence-corrected chi connectivity index (χ2v) is 3.79. The third-order valence-corrected chi connectivity index (χ3v) is 1.93. The van der Waals surface area contributed by atoms with Crippen molar-refractivity contribution in [2.45, 2.75) is 25.8 Å². The fraction of sp³-hybridized carbons (Fsp3) is 1.00. The first kappa shape index (κ1) is 9.87. The monoisotopic (exact) mass is 167 g/mol. The molecule has 0 aliphatic carbocycles. The van der Waals surface area contributed by atoms with Crippen molar-refractivity contribution in [2.75, 3.05) is 5.75 Å². The number of nitrogens with two attached hydrogens (primary N) is 1. The van der Waals surface area contributed by atoms with E-state index in [-0.39, 0.29) is 5.75 Å². The van der Waals surface area contributed by atoms with Crippen LogP contribution in [-0.2, 0) is 10.1 Å². The minimum absolute atomic E-state index is 0.332. The zero-order chi connectivity index (χ0) is 8.20. The van der Waals surface area contributed by atoms with Crippen LogP contribution in [0.4, 0.5) is 0 Å². The molecule has 0 heterocycles. The number of hydrogen-bond acceptors (Lipinski definition) is 3. The first-order valence-electron chi connectivity index (χ1n) is 3.16. The Labute approximate surface area is 61.2 Å². The van der Waals surface area contributed by atoms with Crippen molar-refractivity contribution in [1.82, 2.24) is 0 Å². The molecule has 5 heteroatoms. The normalized spacial score (nSPS) is 15.1. The highest BCUT2D eigenvalue weighted by Crippen LogP contribution is 1.95. The van der Waals surface area contributed by atoms with E-state index >= 15 is 0 Å². The molecule has 4 nitrogen and oxygen atoms in total. The molecule has 1 unspecified atom stereocenters. The minimum atomic E-state index is -3.87. The number of hydrogen-bond donors (Lipinski definition) is 2. The summed E-state index contributed by atoms with van der Waals surface area (Å²) in [7, 11) is -3.87. The highest BCUT2D eigenvalue weighted by molar-refractivity contribution is 7.85. The fourth-order valence-corrected chi connectivity index (χ4v) is 1.43. The lowest BCUT2D eigenvalue weighted by atomic mass is 10.2. The van der Waals surface area contributed by atoms with Gasteiger partial charge in [0.2, 0.25) is 0 Å². The predicted octanol–water partition coefficient (Wildman–Crippen LogP) is 0.00160. The average molecular weight is 167 g/mol. The third-order valence-electron chi connectivity index (χ3n) is 1.08. The van der Waals surface area contributed by atoms with E-state index in [1.165, 1.54) is 0 Å². The van der Waals surface area contributed by atoms with Crippen LogP contribution in [0.3, 0.4) is 0 Å². The van der Waals surface area contributed by atoms with Crippen molar-refractivity contribution in [2.24, 2.45) is 5.73 Å². The lowest BCUT2D eigenvalue weighted by Gasteiger charge is -2.05. The molecule has 0 rings (SSSR count). The van der Waals surface area contributed by atoms with E-state index in [9.17, 15) is 8.42 Å². The van der Waals surface area contributed by atoms with E-state index < -0.39 is 16.2 Å².